The van der Waals surface area contributed by atoms with Gasteiger partial charge in [-0.3, -0.25) is 9.59 Å². The second-order valence-electron chi connectivity index (χ2n) is 7.04. The second kappa shape index (κ2) is 7.19. The van der Waals surface area contributed by atoms with Gasteiger partial charge in [-0.1, -0.05) is 30.3 Å². The van der Waals surface area contributed by atoms with Gasteiger partial charge in [0.25, 0.3) is 0 Å². The first-order valence-electron chi connectivity index (χ1n) is 9.16. The number of nitrogens with one attached hydrogen (secondary N) is 1. The van der Waals surface area contributed by atoms with Crippen LogP contribution in [0.4, 0.5) is 0 Å². The summed E-state index contributed by atoms with van der Waals surface area (Å²) in [4.78, 5) is 29.0. The number of carbonyl (C=O) groups excluding carboxylic acids is 2. The molecule has 0 radical (unpaired) electrons. The molecule has 1 atom stereocenters. The molecule has 5 nitrogen and oxygen atoms in total. The van der Waals surface area contributed by atoms with Crippen molar-refractivity contribution >= 4 is 23.2 Å². The molecule has 4 rings (SSSR count). The fraction of sp³-hybridized carbons (Fsp3) is 0.450. The average Bonchev–Trinajstić information content (AvgIpc) is 3.37. The van der Waals surface area contributed by atoms with Crippen molar-refractivity contribution in [3.8, 4) is 11.3 Å². The number of ether oxygens (including phenoxy) is 1. The van der Waals surface area contributed by atoms with E-state index in [1.807, 2.05) is 35.7 Å². The summed E-state index contributed by atoms with van der Waals surface area (Å²) in [6.07, 6.45) is 4.57. The molecule has 1 aromatic carbocycles. The van der Waals surface area contributed by atoms with Crippen LogP contribution in [0.5, 0.6) is 0 Å². The molecule has 2 aromatic rings. The lowest BCUT2D eigenvalue weighted by Gasteiger charge is -2.27. The molecular formula is C20H22N2O3S. The highest BCUT2D eigenvalue weighted by Gasteiger charge is 2.53. The monoisotopic (exact) mass is 370 g/mol. The predicted octanol–water partition coefficient (Wildman–Crippen LogP) is 3.34. The molecule has 1 spiro atoms. The molecule has 0 bridgehead atoms. The van der Waals surface area contributed by atoms with Gasteiger partial charge in [0.15, 0.2) is 0 Å². The van der Waals surface area contributed by atoms with Crippen molar-refractivity contribution in [2.45, 2.75) is 44.1 Å². The van der Waals surface area contributed by atoms with Gasteiger partial charge in [0.2, 0.25) is 5.91 Å². The van der Waals surface area contributed by atoms with E-state index < -0.39 is 5.60 Å². The Kier molecular flexibility index (Phi) is 4.76. The Labute approximate surface area is 156 Å². The quantitative estimate of drug-likeness (QED) is 0.820. The zero-order valence-electron chi connectivity index (χ0n) is 14.6. The van der Waals surface area contributed by atoms with E-state index in [1.165, 1.54) is 0 Å². The molecule has 1 N–H and O–H groups in total. The molecule has 26 heavy (non-hydrogen) atoms. The Balaban J connectivity index is 1.33. The first-order valence-corrected chi connectivity index (χ1v) is 10.0. The normalized spacial score (nSPS) is 21.1. The van der Waals surface area contributed by atoms with Gasteiger partial charge in [-0.05, 0) is 25.7 Å². The van der Waals surface area contributed by atoms with Gasteiger partial charge in [-0.15, -0.1) is 11.3 Å². The van der Waals surface area contributed by atoms with Crippen LogP contribution in [0.15, 0.2) is 35.7 Å². The number of hydrogen-bond acceptors (Lipinski definition) is 5. The number of aromatic nitrogens is 1. The second-order valence-corrected chi connectivity index (χ2v) is 7.98. The molecule has 1 aromatic heterocycles. The Morgan fingerprint density at radius 3 is 2.81 bits per heavy atom. The Morgan fingerprint density at radius 1 is 1.27 bits per heavy atom. The van der Waals surface area contributed by atoms with Crippen LogP contribution >= 0.6 is 11.3 Å². The summed E-state index contributed by atoms with van der Waals surface area (Å²) in [6.45, 7) is 0.529. The molecule has 1 aliphatic carbocycles. The molecular weight excluding hydrogens is 348 g/mol. The van der Waals surface area contributed by atoms with Crippen LogP contribution in [0.3, 0.4) is 0 Å². The first kappa shape index (κ1) is 17.2. The Hall–Kier alpha value is -2.21. The van der Waals surface area contributed by atoms with Crippen LogP contribution in [-0.4, -0.2) is 29.0 Å². The van der Waals surface area contributed by atoms with E-state index in [1.54, 1.807) is 11.3 Å². The summed E-state index contributed by atoms with van der Waals surface area (Å²) in [5, 5.41) is 6.03. The van der Waals surface area contributed by atoms with Gasteiger partial charge in [0.1, 0.15) is 5.60 Å². The maximum Gasteiger partial charge on any atom is 0.307 e. The van der Waals surface area contributed by atoms with Crippen molar-refractivity contribution in [3.05, 3.63) is 40.7 Å². The van der Waals surface area contributed by atoms with Crippen LogP contribution < -0.4 is 5.32 Å². The van der Waals surface area contributed by atoms with Crippen molar-refractivity contribution in [1.82, 2.24) is 10.3 Å². The van der Waals surface area contributed by atoms with Gasteiger partial charge >= 0.3 is 5.97 Å². The lowest BCUT2D eigenvalue weighted by molar-refractivity contribution is -0.149. The largest absolute Gasteiger partial charge is 0.458 e. The fourth-order valence-electron chi connectivity index (χ4n) is 4.03. The molecule has 6 heteroatoms. The predicted molar refractivity (Wildman–Crippen MR) is 99.7 cm³/mol. The maximum atomic E-state index is 12.6. The third kappa shape index (κ3) is 3.38. The molecule has 2 aliphatic rings. The summed E-state index contributed by atoms with van der Waals surface area (Å²) in [6, 6.07) is 10.1. The van der Waals surface area contributed by atoms with Crippen LogP contribution in [0.1, 0.15) is 37.1 Å². The maximum absolute atomic E-state index is 12.6. The number of benzene rings is 1. The molecule has 1 amide bonds. The van der Waals surface area contributed by atoms with Gasteiger partial charge in [-0.25, -0.2) is 4.98 Å². The van der Waals surface area contributed by atoms with Crippen LogP contribution in [0.2, 0.25) is 0 Å². The molecule has 1 saturated heterocycles. The minimum atomic E-state index is -0.539. The third-order valence-electron chi connectivity index (χ3n) is 5.35. The highest BCUT2D eigenvalue weighted by Crippen LogP contribution is 2.45. The highest BCUT2D eigenvalue weighted by molar-refractivity contribution is 7.09. The molecule has 1 saturated carbocycles. The lowest BCUT2D eigenvalue weighted by atomic mass is 9.85. The molecule has 136 valence electrons. The van der Waals surface area contributed by atoms with E-state index in [4.69, 9.17) is 4.74 Å². The SMILES string of the molecule is O=C1CC(C(=O)NCCc2nc(-c3ccccc3)cs2)C2(CCCC2)O1. The van der Waals surface area contributed by atoms with E-state index in [2.05, 4.69) is 10.3 Å². The van der Waals surface area contributed by atoms with Gasteiger partial charge in [0, 0.05) is 23.9 Å². The molecule has 2 fully saturated rings. The Morgan fingerprint density at radius 2 is 2.04 bits per heavy atom. The Bertz CT molecular complexity index is 796. The van der Waals surface area contributed by atoms with Gasteiger partial charge in [0.05, 0.1) is 23.0 Å². The molecule has 2 heterocycles. The molecule has 1 unspecified atom stereocenters. The average molecular weight is 370 g/mol. The fourth-order valence-corrected chi connectivity index (χ4v) is 4.84. The number of nitrogens with zero attached hydrogens (tertiary/aromatic N) is 1. The smallest absolute Gasteiger partial charge is 0.307 e. The summed E-state index contributed by atoms with van der Waals surface area (Å²) in [5.74, 6) is -0.634. The number of thiazole rings is 1. The van der Waals surface area contributed by atoms with Crippen LogP contribution in [-0.2, 0) is 20.7 Å². The van der Waals surface area contributed by atoms with E-state index in [0.717, 1.165) is 41.9 Å². The zero-order chi connectivity index (χ0) is 18.0. The van der Waals surface area contributed by atoms with Gasteiger partial charge in [-0.2, -0.15) is 0 Å². The summed E-state index contributed by atoms with van der Waals surface area (Å²) in [7, 11) is 0. The van der Waals surface area contributed by atoms with Crippen molar-refractivity contribution in [3.63, 3.8) is 0 Å². The zero-order valence-corrected chi connectivity index (χ0v) is 15.4. The highest BCUT2D eigenvalue weighted by atomic mass is 32.1. The number of carbonyl (C=O) groups is 2. The van der Waals surface area contributed by atoms with E-state index in [9.17, 15) is 9.59 Å². The van der Waals surface area contributed by atoms with Gasteiger partial charge < -0.3 is 10.1 Å². The minimum absolute atomic E-state index is 0.0578. The van der Waals surface area contributed by atoms with Crippen molar-refractivity contribution < 1.29 is 14.3 Å². The first-order chi connectivity index (χ1) is 12.7. The van der Waals surface area contributed by atoms with Crippen molar-refractivity contribution in [1.29, 1.82) is 0 Å². The van der Waals surface area contributed by atoms with Crippen molar-refractivity contribution in [2.24, 2.45) is 5.92 Å². The third-order valence-corrected chi connectivity index (χ3v) is 6.26. The standard InChI is InChI=1S/C20H22N2O3S/c23-18-12-15(20(25-18)9-4-5-10-20)19(24)21-11-8-17-22-16(13-26-17)14-6-2-1-3-7-14/h1-3,6-7,13,15H,4-5,8-12H2,(H,21,24). The van der Waals surface area contributed by atoms with Crippen LogP contribution in [0, 0.1) is 5.92 Å². The van der Waals surface area contributed by atoms with Crippen LogP contribution in [0.25, 0.3) is 11.3 Å². The van der Waals surface area contributed by atoms with E-state index in [-0.39, 0.29) is 24.2 Å². The number of rotatable bonds is 5. The number of amides is 1. The van der Waals surface area contributed by atoms with E-state index >= 15 is 0 Å². The number of esters is 1. The summed E-state index contributed by atoms with van der Waals surface area (Å²) >= 11 is 1.61. The summed E-state index contributed by atoms with van der Waals surface area (Å²) in [5.41, 5.74) is 1.53. The minimum Gasteiger partial charge on any atom is -0.458 e. The number of hydrogen-bond donors (Lipinski definition) is 1. The lowest BCUT2D eigenvalue weighted by Crippen LogP contribution is -2.43. The summed E-state index contributed by atoms with van der Waals surface area (Å²) < 4.78 is 5.55. The van der Waals surface area contributed by atoms with E-state index in [0.29, 0.717) is 13.0 Å². The molecule has 1 aliphatic heterocycles. The van der Waals surface area contributed by atoms with Crippen molar-refractivity contribution in [2.75, 3.05) is 6.54 Å². The topological polar surface area (TPSA) is 68.3 Å².